The molecule has 4 nitrogen and oxygen atoms in total. The number of nitrogens with zero attached hydrogens (tertiary/aromatic N) is 1. The number of hydrogen-bond acceptors (Lipinski definition) is 5. The summed E-state index contributed by atoms with van der Waals surface area (Å²) >= 11 is 1.65. The molecule has 0 saturated heterocycles. The van der Waals surface area contributed by atoms with Gasteiger partial charge < -0.3 is 5.73 Å². The van der Waals surface area contributed by atoms with E-state index in [9.17, 15) is 0 Å². The van der Waals surface area contributed by atoms with Gasteiger partial charge in [-0.1, -0.05) is 0 Å². The molecule has 5 heteroatoms. The summed E-state index contributed by atoms with van der Waals surface area (Å²) in [6.07, 6.45) is 3.42. The number of hydrazine groups is 1. The van der Waals surface area contributed by atoms with Crippen LogP contribution in [-0.2, 0) is 0 Å². The molecule has 0 radical (unpaired) electrons. The molecule has 0 fully saturated rings. The van der Waals surface area contributed by atoms with E-state index >= 15 is 0 Å². The van der Waals surface area contributed by atoms with E-state index in [2.05, 4.69) is 28.1 Å². The first-order valence-corrected chi connectivity index (χ1v) is 5.86. The van der Waals surface area contributed by atoms with Crippen molar-refractivity contribution in [2.75, 3.05) is 5.73 Å². The van der Waals surface area contributed by atoms with Gasteiger partial charge >= 0.3 is 0 Å². The zero-order chi connectivity index (χ0) is 11.5. The molecule has 0 amide bonds. The van der Waals surface area contributed by atoms with Crippen LogP contribution in [0.5, 0.6) is 0 Å². The number of anilines is 1. The minimum Gasteiger partial charge on any atom is -0.398 e. The second-order valence-electron chi connectivity index (χ2n) is 3.61. The summed E-state index contributed by atoms with van der Waals surface area (Å²) in [6.45, 7) is 2.06. The average Bonchev–Trinajstić information content (AvgIpc) is 2.69. The molecule has 84 valence electrons. The smallest absolute Gasteiger partial charge is 0.0755 e. The van der Waals surface area contributed by atoms with Crippen molar-refractivity contribution < 1.29 is 0 Å². The highest BCUT2D eigenvalue weighted by Crippen LogP contribution is 2.29. The van der Waals surface area contributed by atoms with Crippen molar-refractivity contribution in [1.29, 1.82) is 0 Å². The fourth-order valence-electron chi connectivity index (χ4n) is 1.67. The number of nitrogen functional groups attached to an aromatic ring is 1. The van der Waals surface area contributed by atoms with Crippen LogP contribution in [0.15, 0.2) is 29.2 Å². The van der Waals surface area contributed by atoms with Crippen molar-refractivity contribution >= 4 is 17.0 Å². The third-order valence-electron chi connectivity index (χ3n) is 2.57. The zero-order valence-electron chi connectivity index (χ0n) is 8.97. The lowest BCUT2D eigenvalue weighted by Gasteiger charge is -2.17. The minimum absolute atomic E-state index is 0.0973. The summed E-state index contributed by atoms with van der Waals surface area (Å²) in [5, 5.41) is 4.17. The molecule has 2 rings (SSSR count). The number of pyridine rings is 1. The van der Waals surface area contributed by atoms with Gasteiger partial charge in [-0.2, -0.15) is 11.3 Å². The van der Waals surface area contributed by atoms with Gasteiger partial charge in [0.2, 0.25) is 0 Å². The molecule has 2 heterocycles. The Labute approximate surface area is 98.3 Å². The molecule has 1 unspecified atom stereocenters. The van der Waals surface area contributed by atoms with Crippen molar-refractivity contribution in [2.45, 2.75) is 13.0 Å². The maximum atomic E-state index is 5.92. The van der Waals surface area contributed by atoms with Crippen LogP contribution >= 0.6 is 11.3 Å². The third kappa shape index (κ3) is 1.92. The summed E-state index contributed by atoms with van der Waals surface area (Å²) in [6, 6.07) is 1.68. The van der Waals surface area contributed by atoms with Crippen molar-refractivity contribution in [3.8, 4) is 0 Å². The first-order valence-electron chi connectivity index (χ1n) is 4.92. The van der Waals surface area contributed by atoms with Gasteiger partial charge in [0.1, 0.15) is 0 Å². The molecule has 2 aromatic rings. The first-order chi connectivity index (χ1) is 7.74. The molecule has 0 spiro atoms. The predicted octanol–water partition coefficient (Wildman–Crippen LogP) is 1.59. The van der Waals surface area contributed by atoms with E-state index in [-0.39, 0.29) is 6.04 Å². The average molecular weight is 234 g/mol. The summed E-state index contributed by atoms with van der Waals surface area (Å²) in [5.74, 6) is 5.61. The van der Waals surface area contributed by atoms with E-state index in [1.165, 1.54) is 5.56 Å². The number of nitrogens with one attached hydrogen (secondary N) is 1. The summed E-state index contributed by atoms with van der Waals surface area (Å²) in [7, 11) is 0. The Morgan fingerprint density at radius 3 is 2.75 bits per heavy atom. The Balaban J connectivity index is 2.45. The Kier molecular flexibility index (Phi) is 3.19. The number of nitrogens with two attached hydrogens (primary N) is 2. The highest BCUT2D eigenvalue weighted by molar-refractivity contribution is 7.08. The monoisotopic (exact) mass is 234 g/mol. The van der Waals surface area contributed by atoms with E-state index in [1.807, 2.05) is 0 Å². The van der Waals surface area contributed by atoms with Gasteiger partial charge in [0, 0.05) is 23.6 Å². The highest BCUT2D eigenvalue weighted by Gasteiger charge is 2.17. The summed E-state index contributed by atoms with van der Waals surface area (Å²) < 4.78 is 0. The molecule has 0 aliphatic rings. The van der Waals surface area contributed by atoms with Crippen LogP contribution in [0.4, 0.5) is 5.69 Å². The largest absolute Gasteiger partial charge is 0.398 e. The zero-order valence-corrected chi connectivity index (χ0v) is 9.79. The number of hydrogen-bond donors (Lipinski definition) is 3. The second-order valence-corrected chi connectivity index (χ2v) is 4.36. The molecule has 16 heavy (non-hydrogen) atoms. The molecule has 5 N–H and O–H groups in total. The normalized spacial score (nSPS) is 12.6. The Morgan fingerprint density at radius 2 is 2.19 bits per heavy atom. The fourth-order valence-corrected chi connectivity index (χ4v) is 2.55. The maximum Gasteiger partial charge on any atom is 0.0755 e. The Morgan fingerprint density at radius 1 is 1.38 bits per heavy atom. The second kappa shape index (κ2) is 4.61. The molecular formula is C11H14N4S. The molecule has 0 aliphatic heterocycles. The highest BCUT2D eigenvalue weighted by atomic mass is 32.1. The van der Waals surface area contributed by atoms with E-state index < -0.39 is 0 Å². The van der Waals surface area contributed by atoms with Crippen LogP contribution in [0.2, 0.25) is 0 Å². The van der Waals surface area contributed by atoms with Crippen LogP contribution in [0.1, 0.15) is 22.7 Å². The Hall–Kier alpha value is -1.43. The van der Waals surface area contributed by atoms with E-state index in [0.29, 0.717) is 5.69 Å². The number of aromatic nitrogens is 1. The molecule has 0 aromatic carbocycles. The van der Waals surface area contributed by atoms with E-state index in [0.717, 1.165) is 11.1 Å². The third-order valence-corrected chi connectivity index (χ3v) is 3.45. The van der Waals surface area contributed by atoms with Gasteiger partial charge in [-0.25, -0.2) is 5.43 Å². The minimum atomic E-state index is -0.0973. The molecule has 0 saturated carbocycles. The van der Waals surface area contributed by atoms with E-state index in [4.69, 9.17) is 11.6 Å². The van der Waals surface area contributed by atoms with Crippen LogP contribution < -0.4 is 17.0 Å². The first kappa shape index (κ1) is 11.1. The molecule has 1 atom stereocenters. The standard InChI is InChI=1S/C11H14N4S/c1-7-5-16-6-9(7)11(15-13)8-4-14-3-2-10(8)12/h2-6,11,15H,13H2,1H3,(H2,12,14). The van der Waals surface area contributed by atoms with Crippen molar-refractivity contribution in [2.24, 2.45) is 5.84 Å². The lowest BCUT2D eigenvalue weighted by atomic mass is 9.99. The SMILES string of the molecule is Cc1cscc1C(NN)c1cnccc1N. The maximum absolute atomic E-state index is 5.92. The predicted molar refractivity (Wildman–Crippen MR) is 66.9 cm³/mol. The number of thiophene rings is 1. The van der Waals surface area contributed by atoms with Crippen molar-refractivity contribution in [3.63, 3.8) is 0 Å². The van der Waals surface area contributed by atoms with Gasteiger partial charge in [0.15, 0.2) is 0 Å². The van der Waals surface area contributed by atoms with Crippen molar-refractivity contribution in [1.82, 2.24) is 10.4 Å². The number of rotatable bonds is 3. The molecule has 0 bridgehead atoms. The van der Waals surface area contributed by atoms with Crippen LogP contribution in [0, 0.1) is 6.92 Å². The quantitative estimate of drug-likeness (QED) is 0.556. The number of aryl methyl sites for hydroxylation is 1. The van der Waals surface area contributed by atoms with Gasteiger partial charge in [-0.15, -0.1) is 0 Å². The Bertz CT molecular complexity index is 480. The van der Waals surface area contributed by atoms with Crippen LogP contribution in [0.3, 0.4) is 0 Å². The van der Waals surface area contributed by atoms with E-state index in [1.54, 1.807) is 29.8 Å². The summed E-state index contributed by atoms with van der Waals surface area (Å²) in [5.41, 5.74) is 12.7. The van der Waals surface area contributed by atoms with Crippen LogP contribution in [0.25, 0.3) is 0 Å². The van der Waals surface area contributed by atoms with Gasteiger partial charge in [0.05, 0.1) is 6.04 Å². The molecule has 2 aromatic heterocycles. The van der Waals surface area contributed by atoms with Gasteiger partial charge in [-0.05, 0) is 34.9 Å². The van der Waals surface area contributed by atoms with Gasteiger partial charge in [-0.3, -0.25) is 10.8 Å². The molecular weight excluding hydrogens is 220 g/mol. The topological polar surface area (TPSA) is 77.0 Å². The van der Waals surface area contributed by atoms with Gasteiger partial charge in [0.25, 0.3) is 0 Å². The molecule has 0 aliphatic carbocycles. The lowest BCUT2D eigenvalue weighted by molar-refractivity contribution is 0.635. The fraction of sp³-hybridized carbons (Fsp3) is 0.182. The lowest BCUT2D eigenvalue weighted by Crippen LogP contribution is -2.29. The van der Waals surface area contributed by atoms with Crippen LogP contribution in [-0.4, -0.2) is 4.98 Å². The summed E-state index contributed by atoms with van der Waals surface area (Å²) in [4.78, 5) is 4.08. The van der Waals surface area contributed by atoms with Crippen molar-refractivity contribution in [3.05, 3.63) is 45.9 Å².